The number of anilines is 1. The van der Waals surface area contributed by atoms with Crippen LogP contribution in [0, 0.1) is 0 Å². The molecular weight excluding hydrogens is 318 g/mol. The Morgan fingerprint density at radius 3 is 2.56 bits per heavy atom. The van der Waals surface area contributed by atoms with Gasteiger partial charge in [-0.1, -0.05) is 0 Å². The molecular formula is C18H23N5O2. The Bertz CT molecular complexity index is 876. The first-order chi connectivity index (χ1) is 12.1. The van der Waals surface area contributed by atoms with Gasteiger partial charge in [-0.15, -0.1) is 0 Å². The number of aryl methyl sites for hydroxylation is 1. The molecule has 0 spiro atoms. The van der Waals surface area contributed by atoms with Crippen molar-refractivity contribution >= 4 is 5.82 Å². The van der Waals surface area contributed by atoms with Crippen LogP contribution in [0.1, 0.15) is 56.2 Å². The Balaban J connectivity index is 1.43. The molecule has 7 nitrogen and oxygen atoms in total. The molecule has 2 fully saturated rings. The monoisotopic (exact) mass is 341 g/mol. The minimum Gasteiger partial charge on any atom is -0.363 e. The topological polar surface area (TPSA) is 81.8 Å². The van der Waals surface area contributed by atoms with Gasteiger partial charge in [-0.3, -0.25) is 9.59 Å². The first-order valence-corrected chi connectivity index (χ1v) is 9.00. The third-order valence-corrected chi connectivity index (χ3v) is 5.24. The summed E-state index contributed by atoms with van der Waals surface area (Å²) in [5.74, 6) is 0.949. The molecule has 0 bridgehead atoms. The molecule has 4 rings (SSSR count). The second-order valence-electron chi connectivity index (χ2n) is 7.16. The summed E-state index contributed by atoms with van der Waals surface area (Å²) in [6.07, 6.45) is 9.19. The Kier molecular flexibility index (Phi) is 4.15. The van der Waals surface area contributed by atoms with Crippen molar-refractivity contribution in [3.05, 3.63) is 50.9 Å². The van der Waals surface area contributed by atoms with Crippen LogP contribution in [0.15, 0.2) is 34.1 Å². The van der Waals surface area contributed by atoms with Crippen LogP contribution >= 0.6 is 0 Å². The molecule has 2 heterocycles. The molecule has 0 amide bonds. The molecule has 0 atom stereocenters. The second-order valence-corrected chi connectivity index (χ2v) is 7.16. The van der Waals surface area contributed by atoms with Crippen molar-refractivity contribution in [3.8, 4) is 0 Å². The summed E-state index contributed by atoms with van der Waals surface area (Å²) < 4.78 is 3.21. The SMILES string of the molecule is Cn1ccnc(NC2CCC(n3nc(C4CC4)ccc3=O)CC2)c1=O. The molecule has 0 aliphatic heterocycles. The predicted molar refractivity (Wildman–Crippen MR) is 94.9 cm³/mol. The normalized spacial score (nSPS) is 23.4. The first kappa shape index (κ1) is 16.1. The quantitative estimate of drug-likeness (QED) is 0.917. The van der Waals surface area contributed by atoms with Crippen LogP contribution in [-0.4, -0.2) is 25.4 Å². The standard InChI is InChI=1S/C18H23N5O2/c1-22-11-10-19-17(18(22)25)20-13-4-6-14(7-5-13)23-16(24)9-8-15(21-23)12-2-3-12/h8-14H,2-7H2,1H3,(H,19,20). The smallest absolute Gasteiger partial charge is 0.293 e. The van der Waals surface area contributed by atoms with E-state index < -0.39 is 0 Å². The minimum absolute atomic E-state index is 0.0144. The lowest BCUT2D eigenvalue weighted by Crippen LogP contribution is -2.35. The summed E-state index contributed by atoms with van der Waals surface area (Å²) in [6, 6.07) is 3.89. The van der Waals surface area contributed by atoms with Crippen LogP contribution in [0.2, 0.25) is 0 Å². The maximum Gasteiger partial charge on any atom is 0.293 e. The number of nitrogens with one attached hydrogen (secondary N) is 1. The van der Waals surface area contributed by atoms with Crippen LogP contribution in [0.4, 0.5) is 5.82 Å². The average Bonchev–Trinajstić information content (AvgIpc) is 3.45. The van der Waals surface area contributed by atoms with Crippen molar-refractivity contribution in [1.82, 2.24) is 19.3 Å². The Labute approximate surface area is 145 Å². The molecule has 7 heteroatoms. The fourth-order valence-corrected chi connectivity index (χ4v) is 3.55. The lowest BCUT2D eigenvalue weighted by Gasteiger charge is -2.29. The Morgan fingerprint density at radius 1 is 1.08 bits per heavy atom. The van der Waals surface area contributed by atoms with Crippen LogP contribution in [0.25, 0.3) is 0 Å². The van der Waals surface area contributed by atoms with E-state index >= 15 is 0 Å². The van der Waals surface area contributed by atoms with Crippen molar-refractivity contribution in [1.29, 1.82) is 0 Å². The summed E-state index contributed by atoms with van der Waals surface area (Å²) in [7, 11) is 1.72. The van der Waals surface area contributed by atoms with Gasteiger partial charge in [-0.05, 0) is 44.6 Å². The van der Waals surface area contributed by atoms with E-state index in [0.717, 1.165) is 31.4 Å². The van der Waals surface area contributed by atoms with Gasteiger partial charge >= 0.3 is 0 Å². The van der Waals surface area contributed by atoms with E-state index in [-0.39, 0.29) is 23.2 Å². The van der Waals surface area contributed by atoms with E-state index in [2.05, 4.69) is 15.4 Å². The molecule has 25 heavy (non-hydrogen) atoms. The number of hydrogen-bond donors (Lipinski definition) is 1. The van der Waals surface area contributed by atoms with Gasteiger partial charge in [-0.25, -0.2) is 9.67 Å². The van der Waals surface area contributed by atoms with E-state index in [1.807, 2.05) is 6.07 Å². The molecule has 2 aliphatic carbocycles. The number of aromatic nitrogens is 4. The summed E-state index contributed by atoms with van der Waals surface area (Å²) in [6.45, 7) is 0. The van der Waals surface area contributed by atoms with Gasteiger partial charge in [0.05, 0.1) is 11.7 Å². The molecule has 132 valence electrons. The zero-order chi connectivity index (χ0) is 17.4. The van der Waals surface area contributed by atoms with Crippen LogP contribution < -0.4 is 16.4 Å². The maximum atomic E-state index is 12.2. The molecule has 2 aliphatic rings. The molecule has 0 aromatic carbocycles. The highest BCUT2D eigenvalue weighted by Gasteiger charge is 2.28. The first-order valence-electron chi connectivity index (χ1n) is 9.00. The lowest BCUT2D eigenvalue weighted by molar-refractivity contribution is 0.301. The van der Waals surface area contributed by atoms with E-state index in [1.165, 1.54) is 17.4 Å². The molecule has 2 aromatic heterocycles. The average molecular weight is 341 g/mol. The van der Waals surface area contributed by atoms with Crippen LogP contribution in [0.3, 0.4) is 0 Å². The number of rotatable bonds is 4. The fraction of sp³-hybridized carbons (Fsp3) is 0.556. The summed E-state index contributed by atoms with van der Waals surface area (Å²) >= 11 is 0. The largest absolute Gasteiger partial charge is 0.363 e. The molecule has 0 saturated heterocycles. The van der Waals surface area contributed by atoms with Crippen LogP contribution in [0.5, 0.6) is 0 Å². The van der Waals surface area contributed by atoms with E-state index in [0.29, 0.717) is 11.7 Å². The maximum absolute atomic E-state index is 12.2. The van der Waals surface area contributed by atoms with E-state index in [4.69, 9.17) is 0 Å². The third-order valence-electron chi connectivity index (χ3n) is 5.24. The fourth-order valence-electron chi connectivity index (χ4n) is 3.55. The van der Waals surface area contributed by atoms with Crippen molar-refractivity contribution in [2.24, 2.45) is 7.05 Å². The van der Waals surface area contributed by atoms with Gasteiger partial charge < -0.3 is 9.88 Å². The van der Waals surface area contributed by atoms with Gasteiger partial charge in [0.25, 0.3) is 11.1 Å². The molecule has 2 aromatic rings. The number of hydrogen-bond acceptors (Lipinski definition) is 5. The summed E-state index contributed by atoms with van der Waals surface area (Å²) in [5, 5.41) is 7.87. The van der Waals surface area contributed by atoms with Crippen molar-refractivity contribution < 1.29 is 0 Å². The van der Waals surface area contributed by atoms with Gasteiger partial charge in [0.15, 0.2) is 5.82 Å². The van der Waals surface area contributed by atoms with Crippen molar-refractivity contribution in [2.45, 2.75) is 56.5 Å². The van der Waals surface area contributed by atoms with Crippen LogP contribution in [-0.2, 0) is 7.05 Å². The predicted octanol–water partition coefficient (Wildman–Crippen LogP) is 1.81. The molecule has 0 radical (unpaired) electrons. The highest BCUT2D eigenvalue weighted by molar-refractivity contribution is 5.32. The summed E-state index contributed by atoms with van der Waals surface area (Å²) in [4.78, 5) is 28.4. The lowest BCUT2D eigenvalue weighted by atomic mass is 9.91. The summed E-state index contributed by atoms with van der Waals surface area (Å²) in [5.41, 5.74) is 0.927. The molecule has 2 saturated carbocycles. The van der Waals surface area contributed by atoms with Gasteiger partial charge in [-0.2, -0.15) is 5.10 Å². The zero-order valence-electron chi connectivity index (χ0n) is 14.4. The van der Waals surface area contributed by atoms with Crippen molar-refractivity contribution in [2.75, 3.05) is 5.32 Å². The zero-order valence-corrected chi connectivity index (χ0v) is 14.4. The molecule has 1 N–H and O–H groups in total. The highest BCUT2D eigenvalue weighted by atomic mass is 16.1. The highest BCUT2D eigenvalue weighted by Crippen LogP contribution is 2.38. The van der Waals surface area contributed by atoms with Gasteiger partial charge in [0.2, 0.25) is 0 Å². The van der Waals surface area contributed by atoms with Gasteiger partial charge in [0, 0.05) is 37.5 Å². The Hall–Kier alpha value is -2.44. The minimum atomic E-state index is -0.111. The molecule has 0 unspecified atom stereocenters. The van der Waals surface area contributed by atoms with Gasteiger partial charge in [0.1, 0.15) is 0 Å². The van der Waals surface area contributed by atoms with E-state index in [1.54, 1.807) is 30.2 Å². The van der Waals surface area contributed by atoms with Crippen molar-refractivity contribution in [3.63, 3.8) is 0 Å². The second kappa shape index (κ2) is 6.46. The van der Waals surface area contributed by atoms with E-state index in [9.17, 15) is 9.59 Å². The Morgan fingerprint density at radius 2 is 1.84 bits per heavy atom. The third kappa shape index (κ3) is 3.36. The number of nitrogens with zero attached hydrogens (tertiary/aromatic N) is 4.